The fraction of sp³-hybridized carbons (Fsp3) is 0.343. The van der Waals surface area contributed by atoms with Gasteiger partial charge in [0.1, 0.15) is 6.04 Å². The Kier molecular flexibility index (Phi) is 11.4. The highest BCUT2D eigenvalue weighted by molar-refractivity contribution is 5.98. The minimum atomic E-state index is -0.993. The number of hydrazone groups is 1. The zero-order chi connectivity index (χ0) is 34.1. The first-order chi connectivity index (χ1) is 22.4. The number of hydrogen-bond acceptors (Lipinski definition) is 10. The van der Waals surface area contributed by atoms with Crippen molar-refractivity contribution in [3.63, 3.8) is 0 Å². The molecule has 1 unspecified atom stereocenters. The lowest BCUT2D eigenvalue weighted by molar-refractivity contribution is -0.108. The fourth-order valence-corrected chi connectivity index (χ4v) is 5.29. The summed E-state index contributed by atoms with van der Waals surface area (Å²) in [7, 11) is 5.61. The molecule has 11 nitrogen and oxygen atoms in total. The molecule has 1 amide bonds. The van der Waals surface area contributed by atoms with E-state index in [2.05, 4.69) is 44.6 Å². The van der Waals surface area contributed by atoms with E-state index < -0.39 is 11.9 Å². The third kappa shape index (κ3) is 9.01. The molecular weight excluding hydrogens is 601 g/mol. The summed E-state index contributed by atoms with van der Waals surface area (Å²) >= 11 is 0. The molecule has 0 aliphatic rings. The Morgan fingerprint density at radius 2 is 1.83 bits per heavy atom. The number of nitrogens with zero attached hydrogens (tertiary/aromatic N) is 5. The number of aryl methyl sites for hydroxylation is 2. The van der Waals surface area contributed by atoms with Gasteiger partial charge < -0.3 is 24.8 Å². The highest BCUT2D eigenvalue weighted by Crippen LogP contribution is 2.33. The second-order valence-corrected chi connectivity index (χ2v) is 12.3. The van der Waals surface area contributed by atoms with E-state index >= 15 is 4.39 Å². The Balaban J connectivity index is 1.81. The number of anilines is 2. The number of benzene rings is 3. The maximum absolute atomic E-state index is 16.6. The van der Waals surface area contributed by atoms with E-state index in [0.29, 0.717) is 41.5 Å². The summed E-state index contributed by atoms with van der Waals surface area (Å²) in [5.41, 5.74) is 3.03. The zero-order valence-corrected chi connectivity index (χ0v) is 27.9. The molecule has 0 radical (unpaired) electrons. The second-order valence-electron chi connectivity index (χ2n) is 12.3. The molecule has 1 atom stereocenters. The standard InChI is InChI=1S/C35H42FN7O4/c1-8-24-17-28(31(36)30(18-24)46-21-35(3,4)20-42(5)6)32(39-27-15-13-25(14-16-27)33-38-23(2)47-41-33)34(37-22-45)40-43(7)29-12-10-9-11-26(29)19-44/h9-19,22,32,39H,8,20-21H2,1-7H3,(H,37,40,45). The van der Waals surface area contributed by atoms with E-state index in [1.165, 1.54) is 5.01 Å². The molecule has 3 aromatic carbocycles. The minimum Gasteiger partial charge on any atom is -0.490 e. The van der Waals surface area contributed by atoms with Gasteiger partial charge in [0.25, 0.3) is 0 Å². The van der Waals surface area contributed by atoms with Gasteiger partial charge in [-0.3, -0.25) is 14.6 Å². The normalized spacial score (nSPS) is 12.5. The van der Waals surface area contributed by atoms with E-state index in [4.69, 9.17) is 9.26 Å². The molecule has 47 heavy (non-hydrogen) atoms. The molecule has 0 aliphatic carbocycles. The van der Waals surface area contributed by atoms with Gasteiger partial charge in [-0.05, 0) is 68.5 Å². The van der Waals surface area contributed by atoms with Crippen LogP contribution in [0.5, 0.6) is 5.75 Å². The molecule has 4 aromatic rings. The lowest BCUT2D eigenvalue weighted by Crippen LogP contribution is -2.36. The number of halogens is 1. The molecule has 0 saturated heterocycles. The maximum Gasteiger partial charge on any atom is 0.223 e. The van der Waals surface area contributed by atoms with Crippen LogP contribution < -0.4 is 20.4 Å². The van der Waals surface area contributed by atoms with Crippen LogP contribution in [0.1, 0.15) is 54.2 Å². The van der Waals surface area contributed by atoms with Crippen LogP contribution in [0.2, 0.25) is 0 Å². The molecule has 2 N–H and O–H groups in total. The number of ether oxygens (including phenoxy) is 1. The van der Waals surface area contributed by atoms with Gasteiger partial charge in [-0.15, -0.1) is 0 Å². The molecule has 1 heterocycles. The third-order valence-electron chi connectivity index (χ3n) is 7.34. The van der Waals surface area contributed by atoms with Crippen molar-refractivity contribution in [1.29, 1.82) is 0 Å². The van der Waals surface area contributed by atoms with Gasteiger partial charge in [0, 0.05) is 48.3 Å². The van der Waals surface area contributed by atoms with Crippen LogP contribution in [-0.2, 0) is 11.2 Å². The van der Waals surface area contributed by atoms with Gasteiger partial charge >= 0.3 is 0 Å². The number of aromatic nitrogens is 2. The summed E-state index contributed by atoms with van der Waals surface area (Å²) in [6.07, 6.45) is 1.82. The van der Waals surface area contributed by atoms with Crippen LogP contribution in [0.4, 0.5) is 15.8 Å². The summed E-state index contributed by atoms with van der Waals surface area (Å²) < 4.78 is 27.9. The number of amidine groups is 1. The largest absolute Gasteiger partial charge is 0.490 e. The van der Waals surface area contributed by atoms with E-state index in [-0.39, 0.29) is 29.2 Å². The van der Waals surface area contributed by atoms with Crippen LogP contribution in [-0.4, -0.2) is 67.9 Å². The van der Waals surface area contributed by atoms with E-state index in [1.807, 2.05) is 21.0 Å². The van der Waals surface area contributed by atoms with Gasteiger partial charge in [-0.25, -0.2) is 4.39 Å². The van der Waals surface area contributed by atoms with Crippen molar-refractivity contribution < 1.29 is 23.2 Å². The van der Waals surface area contributed by atoms with E-state index in [1.54, 1.807) is 74.6 Å². The van der Waals surface area contributed by atoms with Gasteiger partial charge in [0.15, 0.2) is 23.7 Å². The van der Waals surface area contributed by atoms with Crippen LogP contribution >= 0.6 is 0 Å². The van der Waals surface area contributed by atoms with Crippen molar-refractivity contribution in [3.05, 3.63) is 89.1 Å². The smallest absolute Gasteiger partial charge is 0.223 e. The monoisotopic (exact) mass is 643 g/mol. The predicted molar refractivity (Wildman–Crippen MR) is 181 cm³/mol. The summed E-state index contributed by atoms with van der Waals surface area (Å²) in [5.74, 6) is 0.484. The lowest BCUT2D eigenvalue weighted by atomic mass is 9.94. The molecule has 12 heteroatoms. The molecule has 1 aromatic heterocycles. The SMILES string of the molecule is CCc1cc(OCC(C)(C)CN(C)C)c(F)c(C(Nc2ccc(-c3noc(C)n3)cc2)/C(=N/N(C)c2ccccc2C=O)NC=O)c1. The van der Waals surface area contributed by atoms with Gasteiger partial charge in [-0.1, -0.05) is 44.1 Å². The Morgan fingerprint density at radius 1 is 1.11 bits per heavy atom. The summed E-state index contributed by atoms with van der Waals surface area (Å²) in [4.78, 5) is 30.1. The molecular formula is C35H42FN7O4. The Bertz CT molecular complexity index is 1700. The molecule has 0 fully saturated rings. The Hall–Kier alpha value is -5.10. The lowest BCUT2D eigenvalue weighted by Gasteiger charge is -2.29. The van der Waals surface area contributed by atoms with E-state index in [0.717, 1.165) is 24.0 Å². The quantitative estimate of drug-likeness (QED) is 0.0708. The van der Waals surface area contributed by atoms with Gasteiger partial charge in [-0.2, -0.15) is 10.1 Å². The number of rotatable bonds is 15. The van der Waals surface area contributed by atoms with E-state index in [9.17, 15) is 9.59 Å². The van der Waals surface area contributed by atoms with Crippen LogP contribution in [0.3, 0.4) is 0 Å². The molecule has 248 valence electrons. The first-order valence-electron chi connectivity index (χ1n) is 15.3. The van der Waals surface area contributed by atoms with Crippen molar-refractivity contribution in [3.8, 4) is 17.1 Å². The average molecular weight is 644 g/mol. The molecule has 4 rings (SSSR count). The number of para-hydroxylation sites is 1. The van der Waals surface area contributed by atoms with Crippen molar-refractivity contribution >= 4 is 29.9 Å². The molecule has 0 saturated carbocycles. The van der Waals surface area contributed by atoms with Crippen LogP contribution in [0, 0.1) is 18.2 Å². The van der Waals surface area contributed by atoms with Crippen molar-refractivity contribution in [2.75, 3.05) is 44.6 Å². The summed E-state index contributed by atoms with van der Waals surface area (Å²) in [6.45, 7) is 8.83. The number of aldehydes is 1. The highest BCUT2D eigenvalue weighted by atomic mass is 19.1. The number of hydrogen-bond donors (Lipinski definition) is 2. The zero-order valence-electron chi connectivity index (χ0n) is 27.9. The van der Waals surface area contributed by atoms with Crippen LogP contribution in [0.25, 0.3) is 11.4 Å². The number of amides is 1. The fourth-order valence-electron chi connectivity index (χ4n) is 5.29. The average Bonchev–Trinajstić information content (AvgIpc) is 3.48. The van der Waals surface area contributed by atoms with Gasteiger partial charge in [0.2, 0.25) is 18.1 Å². The third-order valence-corrected chi connectivity index (χ3v) is 7.34. The number of nitrogens with one attached hydrogen (secondary N) is 2. The molecule has 0 aliphatic heterocycles. The highest BCUT2D eigenvalue weighted by Gasteiger charge is 2.28. The van der Waals surface area contributed by atoms with Gasteiger partial charge in [0.05, 0.1) is 12.3 Å². The van der Waals surface area contributed by atoms with Crippen molar-refractivity contribution in [2.24, 2.45) is 10.5 Å². The first-order valence-corrected chi connectivity index (χ1v) is 15.3. The van der Waals surface area contributed by atoms with Crippen LogP contribution in [0.15, 0.2) is 70.3 Å². The van der Waals surface area contributed by atoms with Crippen molar-refractivity contribution in [2.45, 2.75) is 40.2 Å². The predicted octanol–water partition coefficient (Wildman–Crippen LogP) is 5.87. The second kappa shape index (κ2) is 15.5. The Labute approximate surface area is 274 Å². The first kappa shape index (κ1) is 34.8. The summed E-state index contributed by atoms with van der Waals surface area (Å²) in [5, 5.41) is 16.1. The number of carbonyl (C=O) groups excluding carboxylic acids is 2. The maximum atomic E-state index is 16.6. The molecule has 0 spiro atoms. The minimum absolute atomic E-state index is 0.0899. The number of carbonyl (C=O) groups is 2. The summed E-state index contributed by atoms with van der Waals surface area (Å²) in [6, 6.07) is 16.6. The molecule has 0 bridgehead atoms. The topological polar surface area (TPSA) is 125 Å². The van der Waals surface area contributed by atoms with Crippen molar-refractivity contribution in [1.82, 2.24) is 20.4 Å². The Morgan fingerprint density at radius 3 is 2.45 bits per heavy atom.